The van der Waals surface area contributed by atoms with Gasteiger partial charge in [-0.05, 0) is 25.5 Å². The van der Waals surface area contributed by atoms with Gasteiger partial charge < -0.3 is 10.1 Å². The highest BCUT2D eigenvalue weighted by Crippen LogP contribution is 2.26. The second-order valence-corrected chi connectivity index (χ2v) is 6.18. The summed E-state index contributed by atoms with van der Waals surface area (Å²) in [5, 5.41) is 5.55. The van der Waals surface area contributed by atoms with E-state index in [-0.39, 0.29) is 11.6 Å². The maximum atomic E-state index is 12.1. The first kappa shape index (κ1) is 17.4. The van der Waals surface area contributed by atoms with Crippen LogP contribution in [0.25, 0.3) is 10.6 Å². The molecule has 0 fully saturated rings. The van der Waals surface area contributed by atoms with Crippen LogP contribution >= 0.6 is 22.9 Å². The highest BCUT2D eigenvalue weighted by molar-refractivity contribution is 7.13. The Kier molecular flexibility index (Phi) is 6.12. The van der Waals surface area contributed by atoms with Crippen molar-refractivity contribution >= 4 is 34.8 Å². The zero-order valence-corrected chi connectivity index (χ0v) is 14.4. The van der Waals surface area contributed by atoms with E-state index >= 15 is 0 Å². The number of hydrogen-bond acceptors (Lipinski definition) is 5. The van der Waals surface area contributed by atoms with Gasteiger partial charge in [-0.3, -0.25) is 4.79 Å². The molecule has 0 aliphatic carbocycles. The molecule has 1 heterocycles. The molecule has 0 aliphatic rings. The van der Waals surface area contributed by atoms with Crippen molar-refractivity contribution in [2.45, 2.75) is 26.4 Å². The fourth-order valence-corrected chi connectivity index (χ4v) is 2.76. The van der Waals surface area contributed by atoms with Crippen LogP contribution in [0, 0.1) is 0 Å². The Labute approximate surface area is 143 Å². The van der Waals surface area contributed by atoms with Gasteiger partial charge in [0.2, 0.25) is 0 Å². The lowest BCUT2D eigenvalue weighted by atomic mass is 10.2. The van der Waals surface area contributed by atoms with Crippen LogP contribution in [0.15, 0.2) is 29.6 Å². The predicted molar refractivity (Wildman–Crippen MR) is 90.7 cm³/mol. The number of nitrogens with one attached hydrogen (secondary N) is 1. The van der Waals surface area contributed by atoms with Crippen molar-refractivity contribution in [2.24, 2.45) is 0 Å². The van der Waals surface area contributed by atoms with Crippen LogP contribution < -0.4 is 5.32 Å². The minimum absolute atomic E-state index is 0.181. The third-order valence-electron chi connectivity index (χ3n) is 2.99. The lowest BCUT2D eigenvalue weighted by Crippen LogP contribution is -2.36. The third kappa shape index (κ3) is 4.77. The van der Waals surface area contributed by atoms with Crippen molar-refractivity contribution in [1.82, 2.24) is 10.3 Å². The number of thiazole rings is 1. The Morgan fingerprint density at radius 2 is 2.22 bits per heavy atom. The van der Waals surface area contributed by atoms with E-state index < -0.39 is 12.1 Å². The maximum Gasteiger partial charge on any atom is 0.358 e. The molecule has 1 N–H and O–H groups in total. The van der Waals surface area contributed by atoms with Crippen LogP contribution in [-0.4, -0.2) is 29.5 Å². The van der Waals surface area contributed by atoms with E-state index in [1.807, 2.05) is 19.1 Å². The number of rotatable bonds is 6. The topological polar surface area (TPSA) is 68.3 Å². The molecule has 1 aromatic heterocycles. The van der Waals surface area contributed by atoms with Crippen molar-refractivity contribution in [2.75, 3.05) is 6.54 Å². The largest absolute Gasteiger partial charge is 0.448 e. The molecule has 23 heavy (non-hydrogen) atoms. The molecule has 2 aromatic rings. The Morgan fingerprint density at radius 1 is 1.43 bits per heavy atom. The van der Waals surface area contributed by atoms with E-state index in [1.54, 1.807) is 17.5 Å². The van der Waals surface area contributed by atoms with Gasteiger partial charge in [0.05, 0.1) is 0 Å². The van der Waals surface area contributed by atoms with Crippen molar-refractivity contribution in [3.63, 3.8) is 0 Å². The van der Waals surface area contributed by atoms with Crippen LogP contribution in [0.2, 0.25) is 5.02 Å². The van der Waals surface area contributed by atoms with Crippen molar-refractivity contribution in [3.05, 3.63) is 40.4 Å². The molecule has 0 radical (unpaired) electrons. The standard InChI is InChI=1S/C16H17ClN2O3S/c1-3-7-18-14(20)10(2)22-16(21)13-9-23-15(19-13)11-5-4-6-12(17)8-11/h4-6,8-10H,3,7H2,1-2H3,(H,18,20)/t10-/m1/s1. The molecule has 0 bridgehead atoms. The Bertz CT molecular complexity index is 702. The molecular formula is C16H17ClN2O3S. The average Bonchev–Trinajstić information content (AvgIpc) is 3.02. The zero-order chi connectivity index (χ0) is 16.8. The Morgan fingerprint density at radius 3 is 2.91 bits per heavy atom. The maximum absolute atomic E-state index is 12.1. The molecule has 0 saturated carbocycles. The number of halogens is 1. The van der Waals surface area contributed by atoms with Gasteiger partial charge in [0.1, 0.15) is 5.01 Å². The van der Waals surface area contributed by atoms with Crippen molar-refractivity contribution in [1.29, 1.82) is 0 Å². The predicted octanol–water partition coefficient (Wildman–Crippen LogP) is 3.54. The molecule has 0 spiro atoms. The van der Waals surface area contributed by atoms with Crippen LogP contribution in [-0.2, 0) is 9.53 Å². The summed E-state index contributed by atoms with van der Waals surface area (Å²) in [6, 6.07) is 7.22. The van der Waals surface area contributed by atoms with E-state index in [2.05, 4.69) is 10.3 Å². The Hall–Kier alpha value is -1.92. The summed E-state index contributed by atoms with van der Waals surface area (Å²) in [5.41, 5.74) is 1.01. The normalized spacial score (nSPS) is 11.8. The van der Waals surface area contributed by atoms with E-state index in [0.29, 0.717) is 16.6 Å². The van der Waals surface area contributed by atoms with Crippen molar-refractivity contribution < 1.29 is 14.3 Å². The molecular weight excluding hydrogens is 336 g/mol. The summed E-state index contributed by atoms with van der Waals surface area (Å²) in [4.78, 5) is 28.0. The molecule has 0 saturated heterocycles. The number of carbonyl (C=O) groups excluding carboxylic acids is 2. The number of aromatic nitrogens is 1. The molecule has 0 aliphatic heterocycles. The van der Waals surface area contributed by atoms with E-state index in [1.165, 1.54) is 18.3 Å². The quantitative estimate of drug-likeness (QED) is 0.807. The summed E-state index contributed by atoms with van der Waals surface area (Å²) in [6.45, 7) is 4.03. The van der Waals surface area contributed by atoms with E-state index in [4.69, 9.17) is 16.3 Å². The van der Waals surface area contributed by atoms with Gasteiger partial charge in [-0.1, -0.05) is 30.7 Å². The minimum atomic E-state index is -0.856. The lowest BCUT2D eigenvalue weighted by Gasteiger charge is -2.12. The van der Waals surface area contributed by atoms with E-state index in [0.717, 1.165) is 12.0 Å². The van der Waals surface area contributed by atoms with Crippen LogP contribution in [0.1, 0.15) is 30.8 Å². The lowest BCUT2D eigenvalue weighted by molar-refractivity contribution is -0.129. The second kappa shape index (κ2) is 8.08. The first-order valence-corrected chi connectivity index (χ1v) is 8.47. The molecule has 122 valence electrons. The SMILES string of the molecule is CCCNC(=O)[C@@H](C)OC(=O)c1csc(-c2cccc(Cl)c2)n1. The number of esters is 1. The van der Waals surface area contributed by atoms with Crippen LogP contribution in [0.4, 0.5) is 0 Å². The number of nitrogens with zero attached hydrogens (tertiary/aromatic N) is 1. The molecule has 1 amide bonds. The smallest absolute Gasteiger partial charge is 0.358 e. The van der Waals surface area contributed by atoms with Gasteiger partial charge >= 0.3 is 5.97 Å². The number of amides is 1. The van der Waals surface area contributed by atoms with Crippen molar-refractivity contribution in [3.8, 4) is 10.6 Å². The third-order valence-corrected chi connectivity index (χ3v) is 4.11. The Balaban J connectivity index is 2.02. The molecule has 0 unspecified atom stereocenters. The summed E-state index contributed by atoms with van der Waals surface area (Å²) in [5.74, 6) is -0.931. The number of carbonyl (C=O) groups is 2. The molecule has 7 heteroatoms. The first-order valence-electron chi connectivity index (χ1n) is 7.21. The molecule has 5 nitrogen and oxygen atoms in total. The molecule has 1 atom stereocenters. The number of hydrogen-bond donors (Lipinski definition) is 1. The zero-order valence-electron chi connectivity index (χ0n) is 12.8. The van der Waals surface area contributed by atoms with E-state index in [9.17, 15) is 9.59 Å². The van der Waals surface area contributed by atoms with Gasteiger partial charge in [-0.15, -0.1) is 11.3 Å². The van der Waals surface area contributed by atoms with Crippen LogP contribution in [0.3, 0.4) is 0 Å². The summed E-state index contributed by atoms with van der Waals surface area (Å²) >= 11 is 7.27. The summed E-state index contributed by atoms with van der Waals surface area (Å²) in [6.07, 6.45) is -0.0352. The number of ether oxygens (including phenoxy) is 1. The highest BCUT2D eigenvalue weighted by Gasteiger charge is 2.20. The van der Waals surface area contributed by atoms with Gasteiger partial charge in [0.25, 0.3) is 5.91 Å². The van der Waals surface area contributed by atoms with Gasteiger partial charge in [0.15, 0.2) is 11.8 Å². The summed E-state index contributed by atoms with van der Waals surface area (Å²) < 4.78 is 5.14. The fraction of sp³-hybridized carbons (Fsp3) is 0.312. The molecule has 2 rings (SSSR count). The highest BCUT2D eigenvalue weighted by atomic mass is 35.5. The average molecular weight is 353 g/mol. The van der Waals surface area contributed by atoms with Crippen LogP contribution in [0.5, 0.6) is 0 Å². The second-order valence-electron chi connectivity index (χ2n) is 4.89. The minimum Gasteiger partial charge on any atom is -0.448 e. The van der Waals surface area contributed by atoms with Gasteiger partial charge in [-0.2, -0.15) is 0 Å². The fourth-order valence-electron chi connectivity index (χ4n) is 1.79. The first-order chi connectivity index (χ1) is 11.0. The summed E-state index contributed by atoms with van der Waals surface area (Å²) in [7, 11) is 0. The number of benzene rings is 1. The van der Waals surface area contributed by atoms with Gasteiger partial charge in [0, 0.05) is 22.5 Å². The molecule has 1 aromatic carbocycles. The monoisotopic (exact) mass is 352 g/mol. The van der Waals surface area contributed by atoms with Gasteiger partial charge in [-0.25, -0.2) is 9.78 Å².